The molecule has 136 valence electrons. The number of hydrogen-bond donors (Lipinski definition) is 1. The Kier molecular flexibility index (Phi) is 4.49. The predicted molar refractivity (Wildman–Crippen MR) is 99.5 cm³/mol. The Labute approximate surface area is 161 Å². The molecule has 0 aliphatic carbocycles. The molecule has 0 aliphatic rings. The van der Waals surface area contributed by atoms with Gasteiger partial charge in [0, 0.05) is 16.5 Å². The van der Waals surface area contributed by atoms with Crippen molar-refractivity contribution in [2.24, 2.45) is 0 Å². The molecule has 8 heteroatoms. The molecule has 4 rings (SSSR count). The molecule has 6 nitrogen and oxygen atoms in total. The monoisotopic (exact) mass is 429 g/mol. The summed E-state index contributed by atoms with van der Waals surface area (Å²) in [5, 5.41) is 4.68. The molecule has 27 heavy (non-hydrogen) atoms. The van der Waals surface area contributed by atoms with E-state index in [0.29, 0.717) is 21.3 Å². The number of carbonyl (C=O) groups is 1. The van der Waals surface area contributed by atoms with Crippen molar-refractivity contribution >= 4 is 32.8 Å². The molecule has 0 unspecified atom stereocenters. The van der Waals surface area contributed by atoms with Gasteiger partial charge in [0.2, 0.25) is 5.82 Å². The molecule has 2 aromatic heterocycles. The van der Waals surface area contributed by atoms with Crippen molar-refractivity contribution in [1.29, 1.82) is 0 Å². The predicted octanol–water partition coefficient (Wildman–Crippen LogP) is 4.78. The molecular weight excluding hydrogens is 417 g/mol. The van der Waals surface area contributed by atoms with Crippen molar-refractivity contribution < 1.29 is 18.4 Å². The SMILES string of the molecule is Cc1ccc(-c2noc(COC(=O)c3[nH]c4ccccc4c3Br)n2)cc1F. The lowest BCUT2D eigenvalue weighted by molar-refractivity contribution is 0.0423. The molecule has 0 radical (unpaired) electrons. The van der Waals surface area contributed by atoms with Gasteiger partial charge in [-0.05, 0) is 40.5 Å². The number of carbonyl (C=O) groups excluding carboxylic acids is 1. The standard InChI is InChI=1S/C19H13BrFN3O3/c1-10-6-7-11(8-13(10)21)18-23-15(27-24-18)9-26-19(25)17-16(20)12-4-2-3-5-14(12)22-17/h2-8,22H,9H2,1H3. The van der Waals surface area contributed by atoms with E-state index in [4.69, 9.17) is 9.26 Å². The number of nitrogens with zero attached hydrogens (tertiary/aromatic N) is 2. The van der Waals surface area contributed by atoms with Gasteiger partial charge in [-0.15, -0.1) is 0 Å². The second kappa shape index (κ2) is 6.96. The van der Waals surface area contributed by atoms with Crippen molar-refractivity contribution in [2.75, 3.05) is 0 Å². The molecular formula is C19H13BrFN3O3. The Morgan fingerprint density at radius 3 is 2.89 bits per heavy atom. The van der Waals surface area contributed by atoms with Gasteiger partial charge in [0.05, 0.1) is 4.47 Å². The minimum Gasteiger partial charge on any atom is -0.451 e. The summed E-state index contributed by atoms with van der Waals surface area (Å²) in [6.07, 6.45) is 0. The number of halogens is 2. The lowest BCUT2D eigenvalue weighted by Gasteiger charge is -2.00. The average molecular weight is 430 g/mol. The zero-order valence-corrected chi connectivity index (χ0v) is 15.7. The average Bonchev–Trinajstić information content (AvgIpc) is 3.27. The van der Waals surface area contributed by atoms with Crippen molar-refractivity contribution in [1.82, 2.24) is 15.1 Å². The number of benzene rings is 2. The van der Waals surface area contributed by atoms with Crippen molar-refractivity contribution in [3.05, 3.63) is 69.9 Å². The minimum atomic E-state index is -0.556. The Hall–Kier alpha value is -3.00. The van der Waals surface area contributed by atoms with E-state index in [1.807, 2.05) is 24.3 Å². The van der Waals surface area contributed by atoms with Crippen LogP contribution in [-0.4, -0.2) is 21.1 Å². The van der Waals surface area contributed by atoms with E-state index >= 15 is 0 Å². The summed E-state index contributed by atoms with van der Waals surface area (Å²) in [4.78, 5) is 19.5. The summed E-state index contributed by atoms with van der Waals surface area (Å²) in [5.74, 6) is -0.563. The second-order valence-corrected chi connectivity index (χ2v) is 6.70. The van der Waals surface area contributed by atoms with Crippen LogP contribution in [0.4, 0.5) is 4.39 Å². The number of aromatic amines is 1. The summed E-state index contributed by atoms with van der Waals surface area (Å²) in [6.45, 7) is 1.48. The van der Waals surface area contributed by atoms with E-state index in [9.17, 15) is 9.18 Å². The minimum absolute atomic E-state index is 0.117. The third-order valence-electron chi connectivity index (χ3n) is 4.07. The topological polar surface area (TPSA) is 81.0 Å². The smallest absolute Gasteiger partial charge is 0.356 e. The Morgan fingerprint density at radius 2 is 2.11 bits per heavy atom. The maximum absolute atomic E-state index is 13.7. The van der Waals surface area contributed by atoms with Crippen LogP contribution in [0.2, 0.25) is 0 Å². The highest BCUT2D eigenvalue weighted by Crippen LogP contribution is 2.28. The number of fused-ring (bicyclic) bond motifs is 1. The van der Waals surface area contributed by atoms with Gasteiger partial charge < -0.3 is 14.2 Å². The molecule has 2 aromatic carbocycles. The van der Waals surface area contributed by atoms with Crippen LogP contribution in [-0.2, 0) is 11.3 Å². The normalized spacial score (nSPS) is 11.1. The van der Waals surface area contributed by atoms with Crippen LogP contribution in [0.25, 0.3) is 22.3 Å². The molecule has 2 heterocycles. The first-order chi connectivity index (χ1) is 13.0. The Morgan fingerprint density at radius 1 is 1.30 bits per heavy atom. The molecule has 0 bridgehead atoms. The van der Waals surface area contributed by atoms with Crippen LogP contribution in [0.3, 0.4) is 0 Å². The molecule has 0 fully saturated rings. The lowest BCUT2D eigenvalue weighted by atomic mass is 10.1. The molecule has 0 atom stereocenters. The largest absolute Gasteiger partial charge is 0.451 e. The van der Waals surface area contributed by atoms with E-state index in [0.717, 1.165) is 10.9 Å². The van der Waals surface area contributed by atoms with Crippen LogP contribution in [0.5, 0.6) is 0 Å². The third-order valence-corrected chi connectivity index (χ3v) is 4.90. The molecule has 4 aromatic rings. The number of H-pyrrole nitrogens is 1. The summed E-state index contributed by atoms with van der Waals surface area (Å²) in [5.41, 5.74) is 2.13. The van der Waals surface area contributed by atoms with Gasteiger partial charge in [0.25, 0.3) is 5.89 Å². The highest BCUT2D eigenvalue weighted by molar-refractivity contribution is 9.10. The molecule has 0 aliphatic heterocycles. The maximum atomic E-state index is 13.7. The zero-order chi connectivity index (χ0) is 19.0. The van der Waals surface area contributed by atoms with Crippen LogP contribution >= 0.6 is 15.9 Å². The zero-order valence-electron chi connectivity index (χ0n) is 14.1. The van der Waals surface area contributed by atoms with Crippen molar-refractivity contribution in [2.45, 2.75) is 13.5 Å². The molecule has 0 spiro atoms. The fourth-order valence-electron chi connectivity index (χ4n) is 2.61. The molecule has 0 saturated carbocycles. The van der Waals surface area contributed by atoms with Crippen LogP contribution in [0.1, 0.15) is 21.9 Å². The fourth-order valence-corrected chi connectivity index (χ4v) is 3.22. The van der Waals surface area contributed by atoms with Gasteiger partial charge in [-0.3, -0.25) is 0 Å². The van der Waals surface area contributed by atoms with Gasteiger partial charge >= 0.3 is 5.97 Å². The first kappa shape index (κ1) is 17.4. The van der Waals surface area contributed by atoms with Crippen molar-refractivity contribution in [3.8, 4) is 11.4 Å². The number of rotatable bonds is 4. The Balaban J connectivity index is 1.48. The fraction of sp³-hybridized carbons (Fsp3) is 0.105. The van der Waals surface area contributed by atoms with Crippen LogP contribution < -0.4 is 0 Å². The number of hydrogen-bond acceptors (Lipinski definition) is 5. The van der Waals surface area contributed by atoms with Gasteiger partial charge in [-0.25, -0.2) is 9.18 Å². The second-order valence-electron chi connectivity index (χ2n) is 5.91. The number of esters is 1. The number of aryl methyl sites for hydroxylation is 1. The van der Waals surface area contributed by atoms with Gasteiger partial charge in [0.15, 0.2) is 6.61 Å². The van der Waals surface area contributed by atoms with E-state index in [2.05, 4.69) is 31.1 Å². The first-order valence-electron chi connectivity index (χ1n) is 8.05. The Bertz CT molecular complexity index is 1150. The number of nitrogens with one attached hydrogen (secondary N) is 1. The quantitative estimate of drug-likeness (QED) is 0.471. The highest BCUT2D eigenvalue weighted by atomic mass is 79.9. The van der Waals surface area contributed by atoms with Crippen LogP contribution in [0, 0.1) is 12.7 Å². The van der Waals surface area contributed by atoms with Gasteiger partial charge in [0.1, 0.15) is 11.5 Å². The van der Waals surface area contributed by atoms with Gasteiger partial charge in [-0.2, -0.15) is 4.98 Å². The maximum Gasteiger partial charge on any atom is 0.356 e. The number of ether oxygens (including phenoxy) is 1. The first-order valence-corrected chi connectivity index (χ1v) is 8.84. The third kappa shape index (κ3) is 3.35. The van der Waals surface area contributed by atoms with E-state index in [1.165, 1.54) is 6.07 Å². The van der Waals surface area contributed by atoms with E-state index in [-0.39, 0.29) is 24.1 Å². The molecule has 0 amide bonds. The van der Waals surface area contributed by atoms with Crippen LogP contribution in [0.15, 0.2) is 51.5 Å². The summed E-state index contributed by atoms with van der Waals surface area (Å²) >= 11 is 3.41. The number of para-hydroxylation sites is 1. The highest BCUT2D eigenvalue weighted by Gasteiger charge is 2.19. The summed E-state index contributed by atoms with van der Waals surface area (Å²) in [7, 11) is 0. The molecule has 1 N–H and O–H groups in total. The summed E-state index contributed by atoms with van der Waals surface area (Å²) in [6, 6.07) is 12.2. The lowest BCUT2D eigenvalue weighted by Crippen LogP contribution is -2.06. The number of aromatic nitrogens is 3. The summed E-state index contributed by atoms with van der Waals surface area (Å²) < 4.78 is 24.6. The van der Waals surface area contributed by atoms with Crippen molar-refractivity contribution in [3.63, 3.8) is 0 Å². The van der Waals surface area contributed by atoms with Gasteiger partial charge in [-0.1, -0.05) is 35.5 Å². The van der Waals surface area contributed by atoms with E-state index < -0.39 is 5.97 Å². The van der Waals surface area contributed by atoms with E-state index in [1.54, 1.807) is 19.1 Å². The molecule has 0 saturated heterocycles.